The second-order valence-corrected chi connectivity index (χ2v) is 10.3. The van der Waals surface area contributed by atoms with Crippen LogP contribution in [0.25, 0.3) is 5.76 Å². The summed E-state index contributed by atoms with van der Waals surface area (Å²) in [5.41, 5.74) is 1.59. The van der Waals surface area contributed by atoms with Gasteiger partial charge in [0.15, 0.2) is 0 Å². The number of carbonyl (C=O) groups excluding carboxylic acids is 2. The van der Waals surface area contributed by atoms with Gasteiger partial charge in [-0.25, -0.2) is 0 Å². The number of aliphatic hydroxyl groups is 1. The molecular weight excluding hydrogens is 522 g/mol. The van der Waals surface area contributed by atoms with E-state index in [0.29, 0.717) is 17.1 Å². The molecule has 3 aromatic carbocycles. The van der Waals surface area contributed by atoms with Gasteiger partial charge in [-0.1, -0.05) is 48.0 Å². The molecule has 1 unspecified atom stereocenters. The summed E-state index contributed by atoms with van der Waals surface area (Å²) in [6.07, 6.45) is 0. The molecule has 0 aliphatic carbocycles. The summed E-state index contributed by atoms with van der Waals surface area (Å²) >= 11 is 7.87. The van der Waals surface area contributed by atoms with Crippen LogP contribution in [0.2, 0.25) is 5.02 Å². The summed E-state index contributed by atoms with van der Waals surface area (Å²) in [5, 5.41) is 13.8. The van der Waals surface area contributed by atoms with Crippen LogP contribution in [0.4, 0.5) is 0 Å². The molecule has 0 bridgehead atoms. The number of hydrogen-bond acceptors (Lipinski definition) is 6. The van der Waals surface area contributed by atoms with Crippen molar-refractivity contribution in [2.75, 3.05) is 7.11 Å². The van der Waals surface area contributed by atoms with Crippen LogP contribution < -0.4 is 9.47 Å². The molecule has 1 atom stereocenters. The number of thiophene rings is 1. The zero-order chi connectivity index (χ0) is 26.8. The Balaban J connectivity index is 1.67. The number of ether oxygens (including phenoxy) is 2. The SMILES string of the molecule is COc1c(Cl)cc(C)cc1/C(O)=C1\C(=O)C(=O)N(Cc2cccs2)C1c1cccc(Oc2ccccc2)c1. The molecule has 192 valence electrons. The fourth-order valence-electron chi connectivity index (χ4n) is 4.59. The van der Waals surface area contributed by atoms with Crippen molar-refractivity contribution >= 4 is 40.4 Å². The van der Waals surface area contributed by atoms with E-state index in [1.807, 2.05) is 60.8 Å². The maximum absolute atomic E-state index is 13.5. The first kappa shape index (κ1) is 25.6. The van der Waals surface area contributed by atoms with E-state index in [1.165, 1.54) is 23.3 Å². The fraction of sp³-hybridized carbons (Fsp3) is 0.133. The zero-order valence-electron chi connectivity index (χ0n) is 20.7. The predicted octanol–water partition coefficient (Wildman–Crippen LogP) is 7.13. The van der Waals surface area contributed by atoms with E-state index in [-0.39, 0.29) is 34.2 Å². The molecule has 0 spiro atoms. The first-order chi connectivity index (χ1) is 18.4. The molecule has 0 radical (unpaired) electrons. The van der Waals surface area contributed by atoms with E-state index in [9.17, 15) is 14.7 Å². The Kier molecular flexibility index (Phi) is 7.22. The second kappa shape index (κ2) is 10.7. The number of methoxy groups -OCH3 is 1. The van der Waals surface area contributed by atoms with E-state index in [1.54, 1.807) is 30.3 Å². The number of halogens is 1. The number of Topliss-reactive ketones (excluding diaryl/α,β-unsaturated/α-hetero) is 1. The van der Waals surface area contributed by atoms with E-state index in [4.69, 9.17) is 21.1 Å². The minimum atomic E-state index is -0.861. The topological polar surface area (TPSA) is 76.1 Å². The van der Waals surface area contributed by atoms with Crippen LogP contribution in [-0.2, 0) is 16.1 Å². The molecule has 1 fully saturated rings. The fourth-order valence-corrected chi connectivity index (χ4v) is 5.64. The van der Waals surface area contributed by atoms with Crippen molar-refractivity contribution in [1.82, 2.24) is 4.90 Å². The lowest BCUT2D eigenvalue weighted by molar-refractivity contribution is -0.140. The van der Waals surface area contributed by atoms with Gasteiger partial charge in [0.2, 0.25) is 0 Å². The number of para-hydroxylation sites is 1. The Bertz CT molecular complexity index is 1530. The quantitative estimate of drug-likeness (QED) is 0.152. The normalized spacial score (nSPS) is 16.6. The van der Waals surface area contributed by atoms with Crippen molar-refractivity contribution in [2.24, 2.45) is 0 Å². The number of hydrogen-bond donors (Lipinski definition) is 1. The molecule has 1 N–H and O–H groups in total. The molecule has 1 saturated heterocycles. The molecule has 1 aliphatic rings. The number of ketones is 1. The summed E-state index contributed by atoms with van der Waals surface area (Å²) in [6.45, 7) is 2.03. The van der Waals surface area contributed by atoms with Gasteiger partial charge in [-0.3, -0.25) is 9.59 Å². The first-order valence-corrected chi connectivity index (χ1v) is 13.1. The van der Waals surface area contributed by atoms with E-state index in [2.05, 4.69) is 0 Å². The van der Waals surface area contributed by atoms with Crippen LogP contribution in [0.1, 0.15) is 27.6 Å². The highest BCUT2D eigenvalue weighted by Crippen LogP contribution is 2.44. The number of aliphatic hydroxyl groups excluding tert-OH is 1. The van der Waals surface area contributed by atoms with Gasteiger partial charge in [-0.05, 0) is 65.9 Å². The van der Waals surface area contributed by atoms with Crippen LogP contribution in [0.5, 0.6) is 17.2 Å². The Morgan fingerprint density at radius 1 is 1.00 bits per heavy atom. The molecule has 0 saturated carbocycles. The monoisotopic (exact) mass is 545 g/mol. The van der Waals surface area contributed by atoms with Crippen molar-refractivity contribution in [3.63, 3.8) is 0 Å². The molecule has 5 rings (SSSR count). The average molecular weight is 546 g/mol. The Labute approximate surface area is 229 Å². The van der Waals surface area contributed by atoms with Gasteiger partial charge in [-0.15, -0.1) is 11.3 Å². The van der Waals surface area contributed by atoms with Crippen molar-refractivity contribution in [3.8, 4) is 17.2 Å². The number of aryl methyl sites for hydroxylation is 1. The zero-order valence-corrected chi connectivity index (χ0v) is 22.3. The highest BCUT2D eigenvalue weighted by atomic mass is 35.5. The minimum Gasteiger partial charge on any atom is -0.507 e. The highest BCUT2D eigenvalue weighted by Gasteiger charge is 2.46. The maximum Gasteiger partial charge on any atom is 0.295 e. The third-order valence-corrected chi connectivity index (χ3v) is 7.39. The first-order valence-electron chi connectivity index (χ1n) is 11.9. The molecule has 1 amide bonds. The third kappa shape index (κ3) is 4.90. The molecule has 8 heteroatoms. The van der Waals surface area contributed by atoms with Crippen molar-refractivity contribution in [3.05, 3.63) is 116 Å². The highest BCUT2D eigenvalue weighted by molar-refractivity contribution is 7.09. The largest absolute Gasteiger partial charge is 0.507 e. The van der Waals surface area contributed by atoms with Gasteiger partial charge >= 0.3 is 0 Å². The maximum atomic E-state index is 13.5. The van der Waals surface area contributed by atoms with Gasteiger partial charge in [0.1, 0.15) is 23.0 Å². The van der Waals surface area contributed by atoms with Crippen LogP contribution in [-0.4, -0.2) is 28.8 Å². The number of rotatable bonds is 7. The number of amides is 1. The molecule has 4 aromatic rings. The lowest BCUT2D eigenvalue weighted by Gasteiger charge is -2.25. The van der Waals surface area contributed by atoms with Crippen molar-refractivity contribution in [2.45, 2.75) is 19.5 Å². The van der Waals surface area contributed by atoms with Crippen molar-refractivity contribution in [1.29, 1.82) is 0 Å². The second-order valence-electron chi connectivity index (χ2n) is 8.82. The Morgan fingerprint density at radius 3 is 2.47 bits per heavy atom. The molecule has 38 heavy (non-hydrogen) atoms. The predicted molar refractivity (Wildman–Crippen MR) is 148 cm³/mol. The Hall–Kier alpha value is -4.07. The van der Waals surface area contributed by atoms with E-state index < -0.39 is 17.7 Å². The standard InChI is InChI=1S/C30H24ClNO5S/c1-18-14-23(29(36-2)24(31)15-18)27(33)25-26(32(30(35)28(25)34)17-22-12-7-13-38-22)19-8-6-11-21(16-19)37-20-9-4-3-5-10-20/h3-16,26,33H,17H2,1-2H3/b27-25+. The summed E-state index contributed by atoms with van der Waals surface area (Å²) in [6, 6.07) is 22.8. The van der Waals surface area contributed by atoms with Crippen LogP contribution >= 0.6 is 22.9 Å². The molecule has 6 nitrogen and oxygen atoms in total. The minimum absolute atomic E-state index is 0.0385. The summed E-state index contributed by atoms with van der Waals surface area (Å²) in [7, 11) is 1.44. The van der Waals surface area contributed by atoms with Gasteiger partial charge in [-0.2, -0.15) is 0 Å². The lowest BCUT2D eigenvalue weighted by Crippen LogP contribution is -2.28. The smallest absolute Gasteiger partial charge is 0.295 e. The molecule has 1 aromatic heterocycles. The molecule has 2 heterocycles. The Morgan fingerprint density at radius 2 is 1.76 bits per heavy atom. The van der Waals surface area contributed by atoms with Crippen LogP contribution in [0.15, 0.2) is 89.8 Å². The summed E-state index contributed by atoms with van der Waals surface area (Å²) in [4.78, 5) is 29.2. The van der Waals surface area contributed by atoms with Crippen molar-refractivity contribution < 1.29 is 24.2 Å². The van der Waals surface area contributed by atoms with Gasteiger partial charge in [0.05, 0.1) is 35.9 Å². The van der Waals surface area contributed by atoms with Crippen LogP contribution in [0, 0.1) is 6.92 Å². The third-order valence-electron chi connectivity index (χ3n) is 6.25. The van der Waals surface area contributed by atoms with E-state index in [0.717, 1.165) is 10.4 Å². The van der Waals surface area contributed by atoms with Gasteiger partial charge < -0.3 is 19.5 Å². The molecule has 1 aliphatic heterocycles. The lowest BCUT2D eigenvalue weighted by atomic mass is 9.94. The van der Waals surface area contributed by atoms with E-state index >= 15 is 0 Å². The average Bonchev–Trinajstić information content (AvgIpc) is 3.51. The van der Waals surface area contributed by atoms with Crippen LogP contribution in [0.3, 0.4) is 0 Å². The number of benzene rings is 3. The summed E-state index contributed by atoms with van der Waals surface area (Å²) in [5.74, 6) is -0.420. The number of likely N-dealkylation sites (tertiary alicyclic amines) is 1. The van der Waals surface area contributed by atoms with Gasteiger partial charge in [0.25, 0.3) is 11.7 Å². The number of nitrogens with zero attached hydrogens (tertiary/aromatic N) is 1. The number of carbonyl (C=O) groups is 2. The molecular formula is C30H24ClNO5S. The van der Waals surface area contributed by atoms with Gasteiger partial charge in [0, 0.05) is 4.88 Å². The summed E-state index contributed by atoms with van der Waals surface area (Å²) < 4.78 is 11.5.